The van der Waals surface area contributed by atoms with Crippen molar-refractivity contribution in [1.29, 1.82) is 0 Å². The summed E-state index contributed by atoms with van der Waals surface area (Å²) < 4.78 is 8.43. The van der Waals surface area contributed by atoms with Gasteiger partial charge in [-0.3, -0.25) is 4.79 Å². The second kappa shape index (κ2) is 11.3. The number of rotatable bonds is 12. The van der Waals surface area contributed by atoms with Crippen molar-refractivity contribution in [1.82, 2.24) is 14.9 Å². The molecule has 0 spiro atoms. The van der Waals surface area contributed by atoms with E-state index in [1.165, 1.54) is 22.7 Å². The Morgan fingerprint density at radius 2 is 1.84 bits per heavy atom. The van der Waals surface area contributed by atoms with Gasteiger partial charge in [-0.1, -0.05) is 43.3 Å². The fourth-order valence-electron chi connectivity index (χ4n) is 3.86. The average Bonchev–Trinajstić information content (AvgIpc) is 3.12. The van der Waals surface area contributed by atoms with Crippen LogP contribution in [0.3, 0.4) is 0 Å². The molecule has 0 aliphatic carbocycles. The van der Waals surface area contributed by atoms with Crippen LogP contribution < -0.4 is 10.1 Å². The third-order valence-electron chi connectivity index (χ3n) is 5.48. The first-order valence-corrected chi connectivity index (χ1v) is 11.1. The molecule has 164 valence electrons. The standard InChI is InChI=1S/C26H33N3O2/c1-4-25(30)27-17-9-5-6-16-24-28-22-14-7-8-15-23(22)29(24)18-11-19-31-26-20(2)12-10-13-21(26)3/h4,7-8,10,12-15H,1,5-6,9,11,16-19H2,2-3H3,(H,27,30). The number of aromatic nitrogens is 2. The van der Waals surface area contributed by atoms with Crippen LogP contribution in [0.15, 0.2) is 55.1 Å². The Kier molecular flexibility index (Phi) is 8.27. The lowest BCUT2D eigenvalue weighted by Crippen LogP contribution is -2.21. The number of fused-ring (bicyclic) bond motifs is 1. The first-order chi connectivity index (χ1) is 15.1. The molecule has 0 fully saturated rings. The Morgan fingerprint density at radius 3 is 2.61 bits per heavy atom. The summed E-state index contributed by atoms with van der Waals surface area (Å²) in [7, 11) is 0. The summed E-state index contributed by atoms with van der Waals surface area (Å²) >= 11 is 0. The molecule has 3 aromatic rings. The molecule has 1 amide bonds. The maximum atomic E-state index is 11.2. The van der Waals surface area contributed by atoms with Crippen molar-refractivity contribution in [2.75, 3.05) is 13.2 Å². The van der Waals surface area contributed by atoms with Gasteiger partial charge in [-0.25, -0.2) is 4.98 Å². The molecule has 2 aromatic carbocycles. The number of hydrogen-bond acceptors (Lipinski definition) is 3. The van der Waals surface area contributed by atoms with E-state index in [4.69, 9.17) is 9.72 Å². The first kappa shape index (κ1) is 22.6. The second-order valence-corrected chi connectivity index (χ2v) is 7.90. The van der Waals surface area contributed by atoms with Crippen LogP contribution in [0.4, 0.5) is 0 Å². The Balaban J connectivity index is 1.55. The van der Waals surface area contributed by atoms with Gasteiger partial charge in [-0.2, -0.15) is 0 Å². The summed E-state index contributed by atoms with van der Waals surface area (Å²) in [5.74, 6) is 2.02. The van der Waals surface area contributed by atoms with Crippen molar-refractivity contribution in [3.63, 3.8) is 0 Å². The molecular formula is C26H33N3O2. The highest BCUT2D eigenvalue weighted by Gasteiger charge is 2.10. The van der Waals surface area contributed by atoms with Crippen molar-refractivity contribution in [3.05, 3.63) is 72.1 Å². The van der Waals surface area contributed by atoms with Gasteiger partial charge in [0.25, 0.3) is 0 Å². The topological polar surface area (TPSA) is 56.2 Å². The molecule has 1 aromatic heterocycles. The Labute approximate surface area is 185 Å². The van der Waals surface area contributed by atoms with Crippen LogP contribution in [0, 0.1) is 13.8 Å². The minimum absolute atomic E-state index is 0.107. The summed E-state index contributed by atoms with van der Waals surface area (Å²) in [6.45, 7) is 9.91. The van der Waals surface area contributed by atoms with Gasteiger partial charge in [-0.05, 0) is 62.4 Å². The van der Waals surface area contributed by atoms with Crippen LogP contribution >= 0.6 is 0 Å². The number of para-hydroxylation sites is 3. The number of amides is 1. The largest absolute Gasteiger partial charge is 0.493 e. The fraction of sp³-hybridized carbons (Fsp3) is 0.385. The second-order valence-electron chi connectivity index (χ2n) is 7.90. The lowest BCUT2D eigenvalue weighted by molar-refractivity contribution is -0.116. The summed E-state index contributed by atoms with van der Waals surface area (Å²) in [5, 5.41) is 2.83. The zero-order valence-electron chi connectivity index (χ0n) is 18.7. The Hall–Kier alpha value is -3.08. The van der Waals surface area contributed by atoms with Crippen molar-refractivity contribution in [2.24, 2.45) is 0 Å². The van der Waals surface area contributed by atoms with Crippen LogP contribution in [-0.2, 0) is 17.8 Å². The molecule has 3 rings (SSSR count). The minimum atomic E-state index is -0.107. The number of hydrogen-bond donors (Lipinski definition) is 1. The monoisotopic (exact) mass is 419 g/mol. The first-order valence-electron chi connectivity index (χ1n) is 11.1. The van der Waals surface area contributed by atoms with Crippen LogP contribution in [0.5, 0.6) is 5.75 Å². The molecule has 31 heavy (non-hydrogen) atoms. The number of aryl methyl sites for hydroxylation is 4. The third-order valence-corrected chi connectivity index (χ3v) is 5.48. The van der Waals surface area contributed by atoms with Gasteiger partial charge in [0.15, 0.2) is 0 Å². The van der Waals surface area contributed by atoms with Crippen molar-refractivity contribution in [2.45, 2.75) is 52.5 Å². The highest BCUT2D eigenvalue weighted by Crippen LogP contribution is 2.23. The van der Waals surface area contributed by atoms with Gasteiger partial charge >= 0.3 is 0 Å². The summed E-state index contributed by atoms with van der Waals surface area (Å²) in [6.07, 6.45) is 6.23. The minimum Gasteiger partial charge on any atom is -0.493 e. The van der Waals surface area contributed by atoms with Gasteiger partial charge in [0.2, 0.25) is 5.91 Å². The van der Waals surface area contributed by atoms with Crippen LogP contribution in [0.1, 0.15) is 42.6 Å². The summed E-state index contributed by atoms with van der Waals surface area (Å²) in [4.78, 5) is 16.1. The van der Waals surface area contributed by atoms with Gasteiger partial charge in [0.05, 0.1) is 17.6 Å². The van der Waals surface area contributed by atoms with Crippen molar-refractivity contribution in [3.8, 4) is 5.75 Å². The predicted octanol–water partition coefficient (Wildman–Crippen LogP) is 5.14. The van der Waals surface area contributed by atoms with E-state index in [-0.39, 0.29) is 5.91 Å². The van der Waals surface area contributed by atoms with E-state index < -0.39 is 0 Å². The van der Waals surface area contributed by atoms with E-state index in [2.05, 4.69) is 66.7 Å². The number of ether oxygens (including phenoxy) is 1. The molecule has 5 heteroatoms. The quantitative estimate of drug-likeness (QED) is 0.327. The zero-order chi connectivity index (χ0) is 22.1. The van der Waals surface area contributed by atoms with E-state index in [0.717, 1.165) is 55.7 Å². The van der Waals surface area contributed by atoms with Gasteiger partial charge < -0.3 is 14.6 Å². The number of nitrogens with one attached hydrogen (secondary N) is 1. The molecule has 0 saturated heterocycles. The fourth-order valence-corrected chi connectivity index (χ4v) is 3.86. The number of unbranched alkanes of at least 4 members (excludes halogenated alkanes) is 2. The van der Waals surface area contributed by atoms with E-state index in [1.54, 1.807) is 0 Å². The Bertz CT molecular complexity index is 1000. The van der Waals surface area contributed by atoms with E-state index >= 15 is 0 Å². The molecular weight excluding hydrogens is 386 g/mol. The zero-order valence-corrected chi connectivity index (χ0v) is 18.7. The van der Waals surface area contributed by atoms with Gasteiger partial charge in [-0.15, -0.1) is 0 Å². The van der Waals surface area contributed by atoms with Gasteiger partial charge in [0, 0.05) is 19.5 Å². The highest BCUT2D eigenvalue weighted by atomic mass is 16.5. The average molecular weight is 420 g/mol. The Morgan fingerprint density at radius 1 is 1.06 bits per heavy atom. The molecule has 0 atom stereocenters. The van der Waals surface area contributed by atoms with E-state index in [1.807, 2.05) is 6.07 Å². The molecule has 5 nitrogen and oxygen atoms in total. The predicted molar refractivity (Wildman–Crippen MR) is 127 cm³/mol. The van der Waals surface area contributed by atoms with Crippen molar-refractivity contribution >= 4 is 16.9 Å². The molecule has 0 radical (unpaired) electrons. The SMILES string of the molecule is C=CC(=O)NCCCCCc1nc2ccccc2n1CCCOc1c(C)cccc1C. The molecule has 0 unspecified atom stereocenters. The summed E-state index contributed by atoms with van der Waals surface area (Å²) in [6, 6.07) is 14.6. The summed E-state index contributed by atoms with van der Waals surface area (Å²) in [5.41, 5.74) is 4.59. The molecule has 1 heterocycles. The molecule has 0 aliphatic heterocycles. The van der Waals surface area contributed by atoms with E-state index in [9.17, 15) is 4.79 Å². The maximum absolute atomic E-state index is 11.2. The molecule has 0 saturated carbocycles. The van der Waals surface area contributed by atoms with Gasteiger partial charge in [0.1, 0.15) is 11.6 Å². The lowest BCUT2D eigenvalue weighted by Gasteiger charge is -2.13. The maximum Gasteiger partial charge on any atom is 0.243 e. The molecule has 1 N–H and O–H groups in total. The lowest BCUT2D eigenvalue weighted by atomic mass is 10.1. The number of imidazole rings is 1. The molecule has 0 bridgehead atoms. The highest BCUT2D eigenvalue weighted by molar-refractivity contribution is 5.86. The smallest absolute Gasteiger partial charge is 0.243 e. The third kappa shape index (κ3) is 6.20. The normalized spacial score (nSPS) is 10.9. The number of benzene rings is 2. The number of nitrogens with zero attached hydrogens (tertiary/aromatic N) is 2. The molecule has 0 aliphatic rings. The van der Waals surface area contributed by atoms with Crippen molar-refractivity contribution < 1.29 is 9.53 Å². The number of carbonyl (C=O) groups is 1. The number of carbonyl (C=O) groups excluding carboxylic acids is 1. The van der Waals surface area contributed by atoms with Crippen LogP contribution in [-0.4, -0.2) is 28.6 Å². The van der Waals surface area contributed by atoms with Crippen LogP contribution in [0.2, 0.25) is 0 Å². The van der Waals surface area contributed by atoms with E-state index in [0.29, 0.717) is 13.2 Å². The van der Waals surface area contributed by atoms with Crippen LogP contribution in [0.25, 0.3) is 11.0 Å².